The van der Waals surface area contributed by atoms with Crippen molar-refractivity contribution in [2.75, 3.05) is 11.9 Å². The van der Waals surface area contributed by atoms with E-state index in [1.807, 2.05) is 13.8 Å². The number of nitrogens with one attached hydrogen (secondary N) is 1. The summed E-state index contributed by atoms with van der Waals surface area (Å²) in [5.74, 6) is -1.65. The van der Waals surface area contributed by atoms with Crippen LogP contribution < -0.4 is 11.1 Å². The number of carbonyl (C=O) groups is 2. The number of nitrogens with two attached hydrogens (primary N) is 1. The minimum Gasteiger partial charge on any atom is -0.378 e. The highest BCUT2D eigenvalue weighted by molar-refractivity contribution is 5.97. The third-order valence-corrected chi connectivity index (χ3v) is 2.68. The maximum atomic E-state index is 13.6. The van der Waals surface area contributed by atoms with Crippen LogP contribution in [0, 0.1) is 12.7 Å². The van der Waals surface area contributed by atoms with E-state index in [1.165, 1.54) is 13.0 Å². The summed E-state index contributed by atoms with van der Waals surface area (Å²) in [7, 11) is 0. The Morgan fingerprint density at radius 1 is 1.40 bits per heavy atom. The first kappa shape index (κ1) is 16.1. The van der Waals surface area contributed by atoms with Crippen molar-refractivity contribution in [1.82, 2.24) is 0 Å². The summed E-state index contributed by atoms with van der Waals surface area (Å²) in [5, 5.41) is 2.55. The van der Waals surface area contributed by atoms with E-state index in [-0.39, 0.29) is 41.9 Å². The van der Waals surface area contributed by atoms with Crippen molar-refractivity contribution in [1.29, 1.82) is 0 Å². The molecule has 1 rings (SSSR count). The standard InChI is InChI=1S/C14H19FN2O3/c1-8(2)20-5-4-13(18)17-12-7-10(14(16)19)6-11(15)9(12)3/h6-8H,4-5H2,1-3H3,(H2,16,19)(H,17,18). The molecule has 1 aromatic rings. The van der Waals surface area contributed by atoms with Gasteiger partial charge >= 0.3 is 0 Å². The molecule has 3 N–H and O–H groups in total. The van der Waals surface area contributed by atoms with Gasteiger partial charge in [0.2, 0.25) is 11.8 Å². The molecule has 0 aliphatic heterocycles. The smallest absolute Gasteiger partial charge is 0.248 e. The average molecular weight is 282 g/mol. The third kappa shape index (κ3) is 4.62. The number of primary amides is 1. The monoisotopic (exact) mass is 282 g/mol. The lowest BCUT2D eigenvalue weighted by Crippen LogP contribution is -2.18. The normalized spacial score (nSPS) is 10.7. The van der Waals surface area contributed by atoms with Gasteiger partial charge in [-0.1, -0.05) is 0 Å². The van der Waals surface area contributed by atoms with Crippen LogP contribution in [-0.4, -0.2) is 24.5 Å². The lowest BCUT2D eigenvalue weighted by Gasteiger charge is -2.11. The summed E-state index contributed by atoms with van der Waals surface area (Å²) < 4.78 is 18.9. The van der Waals surface area contributed by atoms with Gasteiger partial charge in [0.15, 0.2) is 0 Å². The fourth-order valence-electron chi connectivity index (χ4n) is 1.55. The van der Waals surface area contributed by atoms with Gasteiger partial charge in [0.05, 0.1) is 19.1 Å². The van der Waals surface area contributed by atoms with Gasteiger partial charge in [0.25, 0.3) is 0 Å². The molecule has 0 heterocycles. The van der Waals surface area contributed by atoms with E-state index in [9.17, 15) is 14.0 Å². The Kier molecular flexibility index (Phi) is 5.64. The van der Waals surface area contributed by atoms with E-state index in [1.54, 1.807) is 0 Å². The molecular formula is C14H19FN2O3. The Bertz CT molecular complexity index is 515. The molecule has 0 aromatic heterocycles. The quantitative estimate of drug-likeness (QED) is 0.837. The molecule has 5 nitrogen and oxygen atoms in total. The van der Waals surface area contributed by atoms with Gasteiger partial charge in [-0.3, -0.25) is 9.59 Å². The molecule has 0 spiro atoms. The molecule has 0 fully saturated rings. The lowest BCUT2D eigenvalue weighted by molar-refractivity contribution is -0.117. The van der Waals surface area contributed by atoms with Crippen LogP contribution in [0.1, 0.15) is 36.2 Å². The van der Waals surface area contributed by atoms with Crippen LogP contribution in [-0.2, 0) is 9.53 Å². The van der Waals surface area contributed by atoms with E-state index >= 15 is 0 Å². The van der Waals surface area contributed by atoms with E-state index in [0.717, 1.165) is 6.07 Å². The summed E-state index contributed by atoms with van der Waals surface area (Å²) >= 11 is 0. The van der Waals surface area contributed by atoms with Gasteiger partial charge in [-0.15, -0.1) is 0 Å². The summed E-state index contributed by atoms with van der Waals surface area (Å²) in [6.07, 6.45) is 0.195. The van der Waals surface area contributed by atoms with E-state index in [2.05, 4.69) is 5.32 Å². The Morgan fingerprint density at radius 3 is 2.60 bits per heavy atom. The second-order valence-electron chi connectivity index (χ2n) is 4.71. The highest BCUT2D eigenvalue weighted by Gasteiger charge is 2.12. The topological polar surface area (TPSA) is 81.4 Å². The van der Waals surface area contributed by atoms with Crippen LogP contribution in [0.4, 0.5) is 10.1 Å². The number of ether oxygens (including phenoxy) is 1. The van der Waals surface area contributed by atoms with Crippen LogP contribution in [0.25, 0.3) is 0 Å². The summed E-state index contributed by atoms with van der Waals surface area (Å²) in [4.78, 5) is 22.8. The zero-order valence-corrected chi connectivity index (χ0v) is 11.8. The molecule has 0 bridgehead atoms. The molecule has 0 radical (unpaired) electrons. The van der Waals surface area contributed by atoms with Crippen molar-refractivity contribution < 1.29 is 18.7 Å². The zero-order valence-electron chi connectivity index (χ0n) is 11.8. The minimum absolute atomic E-state index is 0.0156. The largest absolute Gasteiger partial charge is 0.378 e. The molecule has 0 atom stereocenters. The molecule has 1 aromatic carbocycles. The highest BCUT2D eigenvalue weighted by Crippen LogP contribution is 2.20. The first-order chi connectivity index (χ1) is 9.31. The van der Waals surface area contributed by atoms with Crippen LogP contribution in [0.2, 0.25) is 0 Å². The predicted molar refractivity (Wildman–Crippen MR) is 74.0 cm³/mol. The fourth-order valence-corrected chi connectivity index (χ4v) is 1.55. The zero-order chi connectivity index (χ0) is 15.3. The molecule has 2 amide bonds. The van der Waals surface area contributed by atoms with Gasteiger partial charge < -0.3 is 15.8 Å². The van der Waals surface area contributed by atoms with Gasteiger partial charge in [-0.25, -0.2) is 4.39 Å². The number of hydrogen-bond acceptors (Lipinski definition) is 3. The number of rotatable bonds is 6. The molecule has 0 saturated carbocycles. The second-order valence-corrected chi connectivity index (χ2v) is 4.71. The average Bonchev–Trinajstić information content (AvgIpc) is 2.33. The first-order valence-corrected chi connectivity index (χ1v) is 6.32. The third-order valence-electron chi connectivity index (χ3n) is 2.68. The van der Waals surface area contributed by atoms with Crippen molar-refractivity contribution in [2.45, 2.75) is 33.3 Å². The summed E-state index contributed by atoms with van der Waals surface area (Å²) in [6.45, 7) is 5.53. The molecule has 20 heavy (non-hydrogen) atoms. The van der Waals surface area contributed by atoms with Crippen LogP contribution >= 0.6 is 0 Å². The molecule has 0 aliphatic rings. The fraction of sp³-hybridized carbons (Fsp3) is 0.429. The molecule has 0 saturated heterocycles. The number of halogens is 1. The Hall–Kier alpha value is -1.95. The van der Waals surface area contributed by atoms with Crippen LogP contribution in [0.5, 0.6) is 0 Å². The highest BCUT2D eigenvalue weighted by atomic mass is 19.1. The second kappa shape index (κ2) is 7.00. The number of carbonyl (C=O) groups excluding carboxylic acids is 2. The van der Waals surface area contributed by atoms with E-state index in [0.29, 0.717) is 0 Å². The van der Waals surface area contributed by atoms with Gasteiger partial charge in [0.1, 0.15) is 5.82 Å². The van der Waals surface area contributed by atoms with Gasteiger partial charge in [-0.05, 0) is 32.9 Å². The van der Waals surface area contributed by atoms with E-state index in [4.69, 9.17) is 10.5 Å². The Balaban J connectivity index is 2.76. The number of amides is 2. The molecule has 6 heteroatoms. The number of benzene rings is 1. The first-order valence-electron chi connectivity index (χ1n) is 6.32. The Labute approximate surface area is 117 Å². The summed E-state index contributed by atoms with van der Waals surface area (Å²) in [5.41, 5.74) is 5.62. The molecule has 0 aliphatic carbocycles. The van der Waals surface area contributed by atoms with Crippen molar-refractivity contribution in [3.05, 3.63) is 29.1 Å². The molecule has 0 unspecified atom stereocenters. The minimum atomic E-state index is -0.748. The van der Waals surface area contributed by atoms with Gasteiger partial charge in [-0.2, -0.15) is 0 Å². The number of hydrogen-bond donors (Lipinski definition) is 2. The van der Waals surface area contributed by atoms with Crippen molar-refractivity contribution >= 4 is 17.5 Å². The maximum Gasteiger partial charge on any atom is 0.248 e. The van der Waals surface area contributed by atoms with Crippen LogP contribution in [0.3, 0.4) is 0 Å². The predicted octanol–water partition coefficient (Wildman–Crippen LogP) is 1.99. The van der Waals surface area contributed by atoms with E-state index < -0.39 is 11.7 Å². The summed E-state index contributed by atoms with van der Waals surface area (Å²) in [6, 6.07) is 2.41. The van der Waals surface area contributed by atoms with Crippen molar-refractivity contribution in [2.24, 2.45) is 5.73 Å². The SMILES string of the molecule is Cc1c(F)cc(C(N)=O)cc1NC(=O)CCOC(C)C. The lowest BCUT2D eigenvalue weighted by atomic mass is 10.1. The molecular weight excluding hydrogens is 263 g/mol. The van der Waals surface area contributed by atoms with Crippen LogP contribution in [0.15, 0.2) is 12.1 Å². The van der Waals surface area contributed by atoms with Crippen molar-refractivity contribution in [3.8, 4) is 0 Å². The Morgan fingerprint density at radius 2 is 2.05 bits per heavy atom. The van der Waals surface area contributed by atoms with Crippen molar-refractivity contribution in [3.63, 3.8) is 0 Å². The maximum absolute atomic E-state index is 13.6. The van der Waals surface area contributed by atoms with Gasteiger partial charge in [0, 0.05) is 16.8 Å². The number of anilines is 1. The molecule has 110 valence electrons.